The molecule has 146 valence electrons. The second-order valence-electron chi connectivity index (χ2n) is 6.61. The molecule has 0 aliphatic carbocycles. The fourth-order valence-electron chi connectivity index (χ4n) is 2.82. The van der Waals surface area contributed by atoms with E-state index in [0.29, 0.717) is 27.2 Å². The van der Waals surface area contributed by atoms with Gasteiger partial charge in [-0.05, 0) is 50.6 Å². The van der Waals surface area contributed by atoms with Crippen LogP contribution in [0.3, 0.4) is 0 Å². The van der Waals surface area contributed by atoms with Crippen molar-refractivity contribution in [2.24, 2.45) is 0 Å². The van der Waals surface area contributed by atoms with Crippen LogP contribution in [0.1, 0.15) is 27.2 Å². The predicted molar refractivity (Wildman–Crippen MR) is 114 cm³/mol. The Labute approximate surface area is 176 Å². The summed E-state index contributed by atoms with van der Waals surface area (Å²) >= 11 is 7.23. The molecular formula is C20H17ClN6OS. The maximum Gasteiger partial charge on any atom is 0.257 e. The molecule has 1 amide bonds. The molecule has 0 saturated heterocycles. The number of carbonyl (C=O) groups excluding carboxylic acids is 1. The zero-order valence-electron chi connectivity index (χ0n) is 16.0. The van der Waals surface area contributed by atoms with Crippen LogP contribution >= 0.6 is 23.1 Å². The number of aryl methyl sites for hydroxylation is 2. The standard InChI is InChI=1S/C20H17ClN6OS/c1-11-4-7-14(8-5-11)19(28)23-20-22-18(25-29-20)17-13(3)27(26-24-17)16-10-15(21)9-6-12(16)2/h4-10H,1-3H3,(H,22,23,25,28). The molecule has 0 fully saturated rings. The molecule has 4 rings (SSSR count). The highest BCUT2D eigenvalue weighted by atomic mass is 35.5. The summed E-state index contributed by atoms with van der Waals surface area (Å²) < 4.78 is 6.04. The Bertz CT molecular complexity index is 1200. The number of aromatic nitrogens is 5. The van der Waals surface area contributed by atoms with Crippen LogP contribution in [0.5, 0.6) is 0 Å². The fraction of sp³-hybridized carbons (Fsp3) is 0.150. The molecule has 0 spiro atoms. The van der Waals surface area contributed by atoms with Crippen molar-refractivity contribution < 1.29 is 4.79 Å². The van der Waals surface area contributed by atoms with Gasteiger partial charge in [-0.1, -0.05) is 40.6 Å². The lowest BCUT2D eigenvalue weighted by Gasteiger charge is -2.07. The molecule has 7 nitrogen and oxygen atoms in total. The van der Waals surface area contributed by atoms with Crippen molar-refractivity contribution in [1.29, 1.82) is 0 Å². The number of carbonyl (C=O) groups is 1. The van der Waals surface area contributed by atoms with E-state index in [4.69, 9.17) is 11.6 Å². The zero-order valence-corrected chi connectivity index (χ0v) is 17.5. The number of nitrogens with zero attached hydrogens (tertiary/aromatic N) is 5. The number of anilines is 1. The number of amides is 1. The van der Waals surface area contributed by atoms with E-state index in [9.17, 15) is 4.79 Å². The maximum absolute atomic E-state index is 12.4. The van der Waals surface area contributed by atoms with Crippen molar-refractivity contribution in [1.82, 2.24) is 24.4 Å². The number of nitrogens with one attached hydrogen (secondary N) is 1. The summed E-state index contributed by atoms with van der Waals surface area (Å²) in [6.07, 6.45) is 0. The molecule has 0 radical (unpaired) electrons. The number of rotatable bonds is 4. The summed E-state index contributed by atoms with van der Waals surface area (Å²) in [6, 6.07) is 12.9. The largest absolute Gasteiger partial charge is 0.297 e. The molecule has 9 heteroatoms. The first-order chi connectivity index (χ1) is 13.9. The predicted octanol–water partition coefficient (Wildman–Crippen LogP) is 4.62. The summed E-state index contributed by atoms with van der Waals surface area (Å²) in [5.74, 6) is 0.181. The zero-order chi connectivity index (χ0) is 20.5. The van der Waals surface area contributed by atoms with Gasteiger partial charge in [-0.2, -0.15) is 9.36 Å². The summed E-state index contributed by atoms with van der Waals surface area (Å²) in [7, 11) is 0. The third-order valence-corrected chi connectivity index (χ3v) is 5.33. The van der Waals surface area contributed by atoms with E-state index in [2.05, 4.69) is 25.0 Å². The van der Waals surface area contributed by atoms with Crippen LogP contribution in [0.2, 0.25) is 5.02 Å². The summed E-state index contributed by atoms with van der Waals surface area (Å²) in [5.41, 5.74) is 4.85. The van der Waals surface area contributed by atoms with Crippen molar-refractivity contribution in [2.45, 2.75) is 20.8 Å². The molecule has 4 aromatic rings. The molecule has 2 aromatic carbocycles. The average molecular weight is 425 g/mol. The van der Waals surface area contributed by atoms with Gasteiger partial charge in [0, 0.05) is 22.1 Å². The van der Waals surface area contributed by atoms with E-state index in [1.807, 2.05) is 51.1 Å². The molecule has 2 heterocycles. The maximum atomic E-state index is 12.4. The lowest BCUT2D eigenvalue weighted by Crippen LogP contribution is -2.11. The Hall–Kier alpha value is -3.10. The Kier molecular flexibility index (Phi) is 5.12. The topological polar surface area (TPSA) is 85.6 Å². The smallest absolute Gasteiger partial charge is 0.257 e. The van der Waals surface area contributed by atoms with E-state index in [1.54, 1.807) is 16.8 Å². The van der Waals surface area contributed by atoms with Crippen LogP contribution < -0.4 is 5.32 Å². The van der Waals surface area contributed by atoms with Gasteiger partial charge in [0.05, 0.1) is 11.4 Å². The van der Waals surface area contributed by atoms with E-state index in [1.165, 1.54) is 0 Å². The van der Waals surface area contributed by atoms with Crippen LogP contribution in [-0.2, 0) is 0 Å². The first-order valence-corrected chi connectivity index (χ1v) is 9.98. The molecule has 0 saturated carbocycles. The van der Waals surface area contributed by atoms with Gasteiger partial charge in [0.15, 0.2) is 11.5 Å². The Balaban J connectivity index is 1.59. The average Bonchev–Trinajstić information content (AvgIpc) is 3.30. The van der Waals surface area contributed by atoms with Crippen LogP contribution in [0.15, 0.2) is 42.5 Å². The van der Waals surface area contributed by atoms with Crippen LogP contribution in [0.25, 0.3) is 17.2 Å². The molecule has 2 aromatic heterocycles. The first kappa shape index (κ1) is 19.2. The lowest BCUT2D eigenvalue weighted by molar-refractivity contribution is 0.102. The van der Waals surface area contributed by atoms with E-state index >= 15 is 0 Å². The van der Waals surface area contributed by atoms with Crippen molar-refractivity contribution in [3.05, 3.63) is 69.9 Å². The molecule has 0 aliphatic rings. The fourth-order valence-corrected chi connectivity index (χ4v) is 3.55. The number of hydrogen-bond acceptors (Lipinski definition) is 6. The first-order valence-electron chi connectivity index (χ1n) is 8.83. The molecule has 1 N–H and O–H groups in total. The van der Waals surface area contributed by atoms with E-state index in [0.717, 1.165) is 34.0 Å². The third-order valence-electron chi connectivity index (χ3n) is 4.47. The number of halogens is 1. The van der Waals surface area contributed by atoms with Gasteiger partial charge in [0.2, 0.25) is 5.13 Å². The summed E-state index contributed by atoms with van der Waals surface area (Å²) in [4.78, 5) is 16.8. The SMILES string of the molecule is Cc1ccc(C(=O)Nc2nc(-c3nnn(-c4cc(Cl)ccc4C)c3C)ns2)cc1. The minimum absolute atomic E-state index is 0.234. The highest BCUT2D eigenvalue weighted by molar-refractivity contribution is 7.10. The van der Waals surface area contributed by atoms with Crippen molar-refractivity contribution >= 4 is 34.2 Å². The molecule has 0 aliphatic heterocycles. The minimum atomic E-state index is -0.234. The van der Waals surface area contributed by atoms with Gasteiger partial charge < -0.3 is 0 Å². The van der Waals surface area contributed by atoms with Gasteiger partial charge in [-0.25, -0.2) is 4.68 Å². The summed E-state index contributed by atoms with van der Waals surface area (Å²) in [5, 5.41) is 12.3. The lowest BCUT2D eigenvalue weighted by atomic mass is 10.1. The van der Waals surface area contributed by atoms with Crippen LogP contribution in [0, 0.1) is 20.8 Å². The number of benzene rings is 2. The van der Waals surface area contributed by atoms with Gasteiger partial charge in [-0.15, -0.1) is 5.10 Å². The Morgan fingerprint density at radius 2 is 1.86 bits per heavy atom. The minimum Gasteiger partial charge on any atom is -0.297 e. The Morgan fingerprint density at radius 1 is 1.10 bits per heavy atom. The van der Waals surface area contributed by atoms with Gasteiger partial charge in [0.1, 0.15) is 0 Å². The van der Waals surface area contributed by atoms with Crippen molar-refractivity contribution in [3.63, 3.8) is 0 Å². The summed E-state index contributed by atoms with van der Waals surface area (Å²) in [6.45, 7) is 5.84. The second-order valence-corrected chi connectivity index (χ2v) is 7.80. The quantitative estimate of drug-likeness (QED) is 0.516. The second kappa shape index (κ2) is 7.73. The molecular weight excluding hydrogens is 408 g/mol. The highest BCUT2D eigenvalue weighted by Crippen LogP contribution is 2.26. The van der Waals surface area contributed by atoms with Gasteiger partial charge in [0.25, 0.3) is 5.91 Å². The van der Waals surface area contributed by atoms with Crippen molar-refractivity contribution in [3.8, 4) is 17.2 Å². The highest BCUT2D eigenvalue weighted by Gasteiger charge is 2.18. The molecule has 0 atom stereocenters. The molecule has 0 unspecified atom stereocenters. The molecule has 0 bridgehead atoms. The van der Waals surface area contributed by atoms with E-state index in [-0.39, 0.29) is 5.91 Å². The van der Waals surface area contributed by atoms with E-state index < -0.39 is 0 Å². The van der Waals surface area contributed by atoms with Crippen molar-refractivity contribution in [2.75, 3.05) is 5.32 Å². The Morgan fingerprint density at radius 3 is 2.62 bits per heavy atom. The van der Waals surface area contributed by atoms with Gasteiger partial charge >= 0.3 is 0 Å². The van der Waals surface area contributed by atoms with Crippen LogP contribution in [-0.4, -0.2) is 30.3 Å². The number of hydrogen-bond donors (Lipinski definition) is 1. The van der Waals surface area contributed by atoms with Crippen LogP contribution in [0.4, 0.5) is 5.13 Å². The molecule has 29 heavy (non-hydrogen) atoms. The monoisotopic (exact) mass is 424 g/mol. The normalized spacial score (nSPS) is 10.9. The third kappa shape index (κ3) is 3.90. The van der Waals surface area contributed by atoms with Gasteiger partial charge in [-0.3, -0.25) is 10.1 Å².